The number of fused-ring (bicyclic) bond motifs is 22. The van der Waals surface area contributed by atoms with E-state index >= 15 is 0 Å². The second kappa shape index (κ2) is 27.5. The van der Waals surface area contributed by atoms with Crippen LogP contribution >= 0.6 is 0 Å². The summed E-state index contributed by atoms with van der Waals surface area (Å²) in [6, 6.07) is 8.88. The van der Waals surface area contributed by atoms with Crippen molar-refractivity contribution in [2.75, 3.05) is 18.1 Å². The Morgan fingerprint density at radius 3 is 1.97 bits per heavy atom. The highest BCUT2D eigenvalue weighted by molar-refractivity contribution is 6.09. The van der Waals surface area contributed by atoms with Crippen LogP contribution in [0.4, 0.5) is 5.69 Å². The second-order valence-electron chi connectivity index (χ2n) is 23.0. The summed E-state index contributed by atoms with van der Waals surface area (Å²) in [5.41, 5.74) is 5.29. The predicted octanol–water partition coefficient (Wildman–Crippen LogP) is 2.43. The number of hydrazone groups is 1. The van der Waals surface area contributed by atoms with Crippen LogP contribution in [0.5, 0.6) is 0 Å². The van der Waals surface area contributed by atoms with Crippen LogP contribution in [-0.4, -0.2) is 136 Å². The maximum Gasteiger partial charge on any atom is 0.251 e. The van der Waals surface area contributed by atoms with Crippen molar-refractivity contribution >= 4 is 70.5 Å². The molecule has 2 unspecified atom stereocenters. The van der Waals surface area contributed by atoms with E-state index in [1.807, 2.05) is 44.2 Å². The molecule has 0 aromatic heterocycles. The van der Waals surface area contributed by atoms with Crippen molar-refractivity contribution in [2.24, 2.45) is 28.6 Å². The van der Waals surface area contributed by atoms with Gasteiger partial charge in [-0.15, -0.1) is 0 Å². The summed E-state index contributed by atoms with van der Waals surface area (Å²) >= 11 is 0. The minimum Gasteiger partial charge on any atom is -0.368 e. The average Bonchev–Trinajstić information content (AvgIpc) is 3.94. The number of benzene rings is 2. The van der Waals surface area contributed by atoms with E-state index in [9.17, 15) is 47.9 Å². The molecule has 0 aliphatic carbocycles. The molecule has 1 fully saturated rings. The van der Waals surface area contributed by atoms with Gasteiger partial charge in [-0.2, -0.15) is 5.10 Å². The molecular weight excluding hydrogens is 1010 g/mol. The molecular formula is C57H84N12O10. The molecule has 0 saturated carbocycles. The first-order valence-electron chi connectivity index (χ1n) is 27.7. The number of primary amides is 1. The Kier molecular flexibility index (Phi) is 21.7. The quantitative estimate of drug-likeness (QED) is 0.157. The zero-order chi connectivity index (χ0) is 58.5. The van der Waals surface area contributed by atoms with Gasteiger partial charge in [0.15, 0.2) is 0 Å². The molecule has 6 bridgehead atoms. The summed E-state index contributed by atoms with van der Waals surface area (Å²) in [5, 5.41) is 29.1. The van der Waals surface area contributed by atoms with E-state index in [0.29, 0.717) is 48.2 Å². The number of nitrogens with one attached hydrogen (secondary N) is 8. The van der Waals surface area contributed by atoms with Gasteiger partial charge in [-0.25, -0.2) is 5.01 Å². The third-order valence-electron chi connectivity index (χ3n) is 14.8. The van der Waals surface area contributed by atoms with E-state index in [-0.39, 0.29) is 68.8 Å². The van der Waals surface area contributed by atoms with E-state index in [4.69, 9.17) is 10.8 Å². The van der Waals surface area contributed by atoms with Gasteiger partial charge in [0, 0.05) is 38.0 Å². The number of nitrogens with zero attached hydrogens (tertiary/aromatic N) is 3. The fraction of sp³-hybridized carbons (Fsp3) is 0.596. The number of anilines is 1. The van der Waals surface area contributed by atoms with Gasteiger partial charge in [0.05, 0.1) is 11.4 Å². The highest BCUT2D eigenvalue weighted by Gasteiger charge is 2.50. The molecule has 2 aromatic carbocycles. The second-order valence-corrected chi connectivity index (χ2v) is 23.0. The number of carbonyl (C=O) groups excluding carboxylic acids is 10. The first-order valence-corrected chi connectivity index (χ1v) is 27.7. The van der Waals surface area contributed by atoms with Gasteiger partial charge in [-0.3, -0.25) is 47.9 Å². The highest BCUT2D eigenvalue weighted by Crippen LogP contribution is 2.35. The van der Waals surface area contributed by atoms with Gasteiger partial charge < -0.3 is 53.2 Å². The lowest BCUT2D eigenvalue weighted by atomic mass is 9.91. The molecule has 2 aromatic rings. The smallest absolute Gasteiger partial charge is 0.251 e. The fourth-order valence-electron chi connectivity index (χ4n) is 10.3. The van der Waals surface area contributed by atoms with E-state index < -0.39 is 107 Å². The average molecular weight is 1100 g/mol. The molecule has 10 amide bonds. The lowest BCUT2D eigenvalue weighted by Gasteiger charge is -2.38. The third kappa shape index (κ3) is 16.1. The Bertz CT molecular complexity index is 2590. The number of hydrogen-bond donors (Lipinski definition) is 9. The Morgan fingerprint density at radius 1 is 0.759 bits per heavy atom. The first kappa shape index (κ1) is 62.5. The minimum atomic E-state index is -1.58. The van der Waals surface area contributed by atoms with Crippen LogP contribution in [0.25, 0.3) is 0 Å². The van der Waals surface area contributed by atoms with E-state index in [1.165, 1.54) is 25.7 Å². The van der Waals surface area contributed by atoms with Crippen molar-refractivity contribution in [2.45, 2.75) is 187 Å². The maximum atomic E-state index is 14.4. The van der Waals surface area contributed by atoms with Gasteiger partial charge in [0.25, 0.3) is 5.91 Å². The normalized spacial score (nSPS) is 24.9. The van der Waals surface area contributed by atoms with E-state index in [2.05, 4.69) is 42.5 Å². The van der Waals surface area contributed by atoms with Crippen LogP contribution < -0.4 is 53.3 Å². The summed E-state index contributed by atoms with van der Waals surface area (Å²) in [6.07, 6.45) is 2.20. The molecule has 6 rings (SSSR count). The summed E-state index contributed by atoms with van der Waals surface area (Å²) in [4.78, 5) is 139. The van der Waals surface area contributed by atoms with Gasteiger partial charge in [-0.05, 0) is 127 Å². The number of amides is 10. The molecule has 8 atom stereocenters. The molecule has 1 saturated heterocycles. The van der Waals surface area contributed by atoms with Crippen molar-refractivity contribution in [3.8, 4) is 0 Å². The maximum absolute atomic E-state index is 14.4. The number of hydrogen-bond acceptors (Lipinski definition) is 12. The largest absolute Gasteiger partial charge is 0.368 e. The zero-order valence-electron chi connectivity index (χ0n) is 47.7. The van der Waals surface area contributed by atoms with Crippen LogP contribution in [0, 0.1) is 17.8 Å². The Labute approximate surface area is 464 Å². The highest BCUT2D eigenvalue weighted by atomic mass is 16.2. The molecule has 0 radical (unpaired) electrons. The molecule has 4 aliphatic rings. The first-order chi connectivity index (χ1) is 37.2. The van der Waals surface area contributed by atoms with E-state index in [0.717, 1.165) is 0 Å². The van der Waals surface area contributed by atoms with Gasteiger partial charge in [-0.1, -0.05) is 71.9 Å². The van der Waals surface area contributed by atoms with Crippen LogP contribution in [0.15, 0.2) is 59.7 Å². The number of rotatable bonds is 11. The predicted molar refractivity (Wildman–Crippen MR) is 299 cm³/mol. The molecule has 0 spiro atoms. The van der Waals surface area contributed by atoms with Crippen LogP contribution in [0.1, 0.15) is 150 Å². The lowest BCUT2D eigenvalue weighted by Crippen LogP contribution is -2.63. The van der Waals surface area contributed by atoms with Crippen molar-refractivity contribution in [1.29, 1.82) is 0 Å². The topological polar surface area (TPSA) is 312 Å². The molecule has 432 valence electrons. The lowest BCUT2D eigenvalue weighted by molar-refractivity contribution is -0.147. The number of carbonyl (C=O) groups is 10. The van der Waals surface area contributed by atoms with Gasteiger partial charge >= 0.3 is 0 Å². The van der Waals surface area contributed by atoms with Crippen molar-refractivity contribution in [3.63, 3.8) is 0 Å². The Hall–Kier alpha value is -7.39. The molecule has 10 N–H and O–H groups in total. The van der Waals surface area contributed by atoms with Crippen LogP contribution in [0.2, 0.25) is 0 Å². The summed E-state index contributed by atoms with van der Waals surface area (Å²) < 4.78 is 0. The molecule has 4 heterocycles. The number of nitrogens with two attached hydrogens (primary N) is 1. The standard InChI is InChI=1S/C57H84N12O10/c1-32(2)29-42(47(58)71)64-49(73)40-21-15-17-27-59-48(72)38-25-23-37(24-26-38)44-31-57(11,69(67-44)39-19-13-12-14-20-39)55(79)60-28-18-16-22-41(62-51(75)45(33(3)4)61-36(8)70)50(74)65-43-30-35(7)68(53(43)77)56(9,10)54(78)66-46(34(5)6)52(76)63-40/h12-14,19-20,23-26,32-35,40-43,45-46H,15-18,21-22,27-31H2,1-11H3,(H2,58,71)(H,59,72)(H,60,79)(H,61,70)(H,62,75)(H,63,76)(H,64,73)(H,65,74)(H,66,78)/t35?,40-,41-,42-,43-,45-,46-,57?/m0/s1. The van der Waals surface area contributed by atoms with Crippen LogP contribution in [0.3, 0.4) is 0 Å². The summed E-state index contributed by atoms with van der Waals surface area (Å²) in [5.74, 6) is -6.60. The Morgan fingerprint density at radius 2 is 1.38 bits per heavy atom. The molecule has 79 heavy (non-hydrogen) atoms. The minimum absolute atomic E-state index is 0.00889. The SMILES string of the molecule is CC(=O)N[C@H](C(=O)N[C@H]1CCCCNC(=O)C2(C)CC(=NN2c2ccccc2)c2ccc(cc2)C(=O)NCCCC[C@@H](C(=O)N[C@@H](CC(C)C)C(N)=O)NC(=O)[C@H](C(C)C)NC(=O)C(C)(C)N2C(=O)[C@H](CC2C)NC1=O)C(C)C. The Balaban J connectivity index is 1.47. The molecule has 4 aliphatic heterocycles. The zero-order valence-corrected chi connectivity index (χ0v) is 47.7. The van der Waals surface area contributed by atoms with Crippen molar-refractivity contribution in [1.82, 2.24) is 47.4 Å². The molecule has 22 nitrogen and oxygen atoms in total. The molecule has 22 heteroatoms. The van der Waals surface area contributed by atoms with Gasteiger partial charge in [0.1, 0.15) is 47.3 Å². The fourth-order valence-corrected chi connectivity index (χ4v) is 10.3. The number of para-hydroxylation sites is 1. The monoisotopic (exact) mass is 1100 g/mol. The van der Waals surface area contributed by atoms with Gasteiger partial charge in [0.2, 0.25) is 53.2 Å². The van der Waals surface area contributed by atoms with Crippen molar-refractivity contribution < 1.29 is 47.9 Å². The van der Waals surface area contributed by atoms with Crippen molar-refractivity contribution in [3.05, 3.63) is 65.7 Å². The van der Waals surface area contributed by atoms with E-state index in [1.54, 1.807) is 70.8 Å². The summed E-state index contributed by atoms with van der Waals surface area (Å²) in [6.45, 7) is 19.0. The third-order valence-corrected chi connectivity index (χ3v) is 14.8. The van der Waals surface area contributed by atoms with Crippen LogP contribution in [-0.2, 0) is 43.2 Å². The summed E-state index contributed by atoms with van der Waals surface area (Å²) in [7, 11) is 0.